The number of carbonyl (C=O) groups excluding carboxylic acids is 2. The number of fused-ring (bicyclic) bond motifs is 2. The smallest absolute Gasteiger partial charge is 0.336 e. The Kier molecular flexibility index (Phi) is 5.75. The van der Waals surface area contributed by atoms with Crippen molar-refractivity contribution in [2.45, 2.75) is 38.4 Å². The quantitative estimate of drug-likeness (QED) is 0.435. The van der Waals surface area contributed by atoms with E-state index in [1.165, 1.54) is 11.0 Å². The molecule has 164 valence electrons. The fourth-order valence-corrected chi connectivity index (χ4v) is 4.26. The number of piperidine rings is 1. The number of amidine groups is 1. The fraction of sp³-hybridized carbons (Fsp3) is 0.409. The number of aromatic nitrogens is 1. The lowest BCUT2D eigenvalue weighted by Gasteiger charge is -2.37. The number of aryl methyl sites for hydroxylation is 1. The third-order valence-electron chi connectivity index (χ3n) is 5.92. The average molecular weight is 430 g/mol. The van der Waals surface area contributed by atoms with E-state index in [1.807, 2.05) is 13.0 Å². The highest BCUT2D eigenvalue weighted by molar-refractivity contribution is 5.98. The Labute approximate surface area is 178 Å². The third kappa shape index (κ3) is 4.17. The van der Waals surface area contributed by atoms with Gasteiger partial charge in [-0.2, -0.15) is 5.48 Å². The van der Waals surface area contributed by atoms with Gasteiger partial charge in [-0.25, -0.2) is 13.6 Å². The Morgan fingerprint density at radius 3 is 2.84 bits per heavy atom. The van der Waals surface area contributed by atoms with Gasteiger partial charge in [0.05, 0.1) is 11.6 Å². The summed E-state index contributed by atoms with van der Waals surface area (Å²) >= 11 is 0. The van der Waals surface area contributed by atoms with Crippen molar-refractivity contribution in [1.82, 2.24) is 15.4 Å². The molecular formula is C22H24F2N4O3. The van der Waals surface area contributed by atoms with Crippen LogP contribution in [-0.4, -0.2) is 47.2 Å². The zero-order chi connectivity index (χ0) is 22.1. The molecule has 1 fully saturated rings. The largest absolute Gasteiger partial charge is 0.358 e. The number of carbonyl (C=O) groups is 2. The van der Waals surface area contributed by atoms with Crippen LogP contribution in [0.3, 0.4) is 0 Å². The maximum absolute atomic E-state index is 14.8. The van der Waals surface area contributed by atoms with E-state index in [1.54, 1.807) is 13.2 Å². The van der Waals surface area contributed by atoms with Gasteiger partial charge in [0, 0.05) is 43.4 Å². The van der Waals surface area contributed by atoms with Gasteiger partial charge in [0.2, 0.25) is 0 Å². The minimum Gasteiger partial charge on any atom is -0.358 e. The number of rotatable bonds is 2. The molecule has 3 heterocycles. The number of amides is 1. The molecule has 1 aromatic heterocycles. The summed E-state index contributed by atoms with van der Waals surface area (Å²) in [6, 6.07) is 5.06. The van der Waals surface area contributed by atoms with Gasteiger partial charge in [0.15, 0.2) is 5.84 Å². The van der Waals surface area contributed by atoms with Crippen molar-refractivity contribution >= 4 is 17.7 Å². The van der Waals surface area contributed by atoms with Crippen molar-refractivity contribution < 1.29 is 23.2 Å². The fourth-order valence-electron chi connectivity index (χ4n) is 4.26. The minimum atomic E-state index is -1.43. The predicted molar refractivity (Wildman–Crippen MR) is 110 cm³/mol. The normalized spacial score (nSPS) is 23.6. The zero-order valence-electron chi connectivity index (χ0n) is 17.3. The molecule has 2 aliphatic heterocycles. The van der Waals surface area contributed by atoms with Crippen LogP contribution in [0.25, 0.3) is 0 Å². The van der Waals surface area contributed by atoms with Gasteiger partial charge in [-0.1, -0.05) is 0 Å². The van der Waals surface area contributed by atoms with Crippen LogP contribution < -0.4 is 5.48 Å². The molecular weight excluding hydrogens is 406 g/mol. The average Bonchev–Trinajstić information content (AvgIpc) is 3.15. The molecule has 0 bridgehead atoms. The Morgan fingerprint density at radius 2 is 2.13 bits per heavy atom. The van der Waals surface area contributed by atoms with Crippen LogP contribution in [0.15, 0.2) is 35.5 Å². The topological polar surface area (TPSA) is 86.8 Å². The molecule has 2 aromatic rings. The number of aromatic amines is 1. The monoisotopic (exact) mass is 430 g/mol. The first-order valence-electron chi connectivity index (χ1n) is 10.2. The van der Waals surface area contributed by atoms with Gasteiger partial charge in [-0.15, -0.1) is 0 Å². The first kappa shape index (κ1) is 21.0. The number of nitrogens with zero attached hydrogens (tertiary/aromatic N) is 2. The van der Waals surface area contributed by atoms with E-state index in [-0.39, 0.29) is 36.0 Å². The van der Waals surface area contributed by atoms with Crippen molar-refractivity contribution in [1.29, 1.82) is 0 Å². The molecule has 0 saturated carbocycles. The molecule has 31 heavy (non-hydrogen) atoms. The van der Waals surface area contributed by atoms with Crippen LogP contribution in [0.1, 0.15) is 52.6 Å². The Bertz CT molecular complexity index is 1040. The van der Waals surface area contributed by atoms with E-state index in [4.69, 9.17) is 4.84 Å². The van der Waals surface area contributed by atoms with Crippen molar-refractivity contribution in [3.63, 3.8) is 0 Å². The molecule has 0 aliphatic carbocycles. The summed E-state index contributed by atoms with van der Waals surface area (Å²) in [6.45, 7) is 2.04. The molecule has 3 atom stereocenters. The maximum atomic E-state index is 14.8. The van der Waals surface area contributed by atoms with E-state index in [0.717, 1.165) is 17.7 Å². The summed E-state index contributed by atoms with van der Waals surface area (Å²) in [6.07, 6.45) is 1.39. The lowest BCUT2D eigenvalue weighted by Crippen LogP contribution is -2.49. The summed E-state index contributed by atoms with van der Waals surface area (Å²) in [4.78, 5) is 39.6. The molecule has 4 rings (SSSR count). The van der Waals surface area contributed by atoms with E-state index < -0.39 is 23.9 Å². The van der Waals surface area contributed by atoms with Crippen molar-refractivity contribution in [3.05, 3.63) is 58.7 Å². The molecule has 9 heteroatoms. The predicted octanol–water partition coefficient (Wildman–Crippen LogP) is 3.22. The summed E-state index contributed by atoms with van der Waals surface area (Å²) in [5.74, 6) is -1.67. The molecule has 1 saturated heterocycles. The summed E-state index contributed by atoms with van der Waals surface area (Å²) in [7, 11) is 1.57. The van der Waals surface area contributed by atoms with Gasteiger partial charge in [0.1, 0.15) is 12.0 Å². The molecule has 2 aliphatic rings. The van der Waals surface area contributed by atoms with Crippen LogP contribution in [0, 0.1) is 18.7 Å². The summed E-state index contributed by atoms with van der Waals surface area (Å²) < 4.78 is 28.4. The van der Waals surface area contributed by atoms with Crippen LogP contribution in [0.4, 0.5) is 8.78 Å². The van der Waals surface area contributed by atoms with Gasteiger partial charge in [-0.3, -0.25) is 9.79 Å². The number of hydrogen-bond donors (Lipinski definition) is 2. The van der Waals surface area contributed by atoms with E-state index in [0.29, 0.717) is 24.4 Å². The number of H-pyrrole nitrogens is 1. The molecule has 1 aromatic carbocycles. The van der Waals surface area contributed by atoms with Crippen molar-refractivity contribution in [2.75, 3.05) is 13.6 Å². The highest BCUT2D eigenvalue weighted by Gasteiger charge is 2.41. The van der Waals surface area contributed by atoms with Gasteiger partial charge < -0.3 is 14.7 Å². The second-order valence-corrected chi connectivity index (χ2v) is 8.01. The molecule has 2 N–H and O–H groups in total. The molecule has 0 radical (unpaired) electrons. The van der Waals surface area contributed by atoms with E-state index in [9.17, 15) is 18.4 Å². The number of benzene rings is 1. The van der Waals surface area contributed by atoms with Crippen molar-refractivity contribution in [2.24, 2.45) is 10.9 Å². The highest BCUT2D eigenvalue weighted by atomic mass is 19.1. The van der Waals surface area contributed by atoms with Gasteiger partial charge >= 0.3 is 5.97 Å². The second kappa shape index (κ2) is 8.49. The van der Waals surface area contributed by atoms with Gasteiger partial charge in [0.25, 0.3) is 5.91 Å². The number of hydrogen-bond acceptors (Lipinski definition) is 4. The van der Waals surface area contributed by atoms with E-state index in [2.05, 4.69) is 15.5 Å². The number of halogens is 2. The first-order valence-corrected chi connectivity index (χ1v) is 10.2. The number of nitrogens with one attached hydrogen (secondary N) is 2. The Hall–Kier alpha value is -3.23. The van der Waals surface area contributed by atoms with E-state index >= 15 is 0 Å². The van der Waals surface area contributed by atoms with Gasteiger partial charge in [-0.05, 0) is 49.6 Å². The standard InChI is InChI=1S/C22H24F2N4O3/c1-12-7-19(26-10-12)20(25-2)27-31-22(30)13-3-5-15-9-18(24)17-8-14(23)4-6-16(17)21(29)28(15)11-13/h4,6-8,10,13,15,18,26H,3,5,9,11H2,1-2H3,(H,25,27). The first-order chi connectivity index (χ1) is 14.9. The molecule has 7 nitrogen and oxygen atoms in total. The van der Waals surface area contributed by atoms with Crippen molar-refractivity contribution in [3.8, 4) is 0 Å². The molecule has 0 spiro atoms. The lowest BCUT2D eigenvalue weighted by molar-refractivity contribution is -0.154. The number of aliphatic imine (C=N–C) groups is 1. The highest BCUT2D eigenvalue weighted by Crippen LogP contribution is 2.37. The van der Waals surface area contributed by atoms with Crippen LogP contribution >= 0.6 is 0 Å². The third-order valence-corrected chi connectivity index (χ3v) is 5.92. The second-order valence-electron chi connectivity index (χ2n) is 8.01. The van der Waals surface area contributed by atoms with Crippen LogP contribution in [0.5, 0.6) is 0 Å². The Balaban J connectivity index is 1.45. The zero-order valence-corrected chi connectivity index (χ0v) is 17.3. The summed E-state index contributed by atoms with van der Waals surface area (Å²) in [5, 5.41) is 0. The Morgan fingerprint density at radius 1 is 1.32 bits per heavy atom. The summed E-state index contributed by atoms with van der Waals surface area (Å²) in [5.41, 5.74) is 4.49. The van der Waals surface area contributed by atoms with Crippen LogP contribution in [-0.2, 0) is 9.63 Å². The molecule has 1 amide bonds. The minimum absolute atomic E-state index is 0.0743. The molecule has 3 unspecified atom stereocenters. The SMILES string of the molecule is CN=C(NOC(=O)C1CCC2CC(F)c3cc(F)ccc3C(=O)N2C1)c1cc(C)c[nH]1. The van der Waals surface area contributed by atoms with Crippen LogP contribution in [0.2, 0.25) is 0 Å². The number of alkyl halides is 1. The maximum Gasteiger partial charge on any atom is 0.336 e. The number of hydroxylamine groups is 1. The lowest BCUT2D eigenvalue weighted by atomic mass is 9.90.